The minimum absolute atomic E-state index is 0.0558. The number of aliphatic imine (C=N–C) groups is 1. The van der Waals surface area contributed by atoms with Crippen LogP contribution in [0.15, 0.2) is 59.6 Å². The zero-order chi connectivity index (χ0) is 27.3. The molecule has 0 aliphatic carbocycles. The van der Waals surface area contributed by atoms with Gasteiger partial charge in [0.1, 0.15) is 5.84 Å². The number of amidine groups is 1. The molecule has 38 heavy (non-hydrogen) atoms. The summed E-state index contributed by atoms with van der Waals surface area (Å²) in [5.41, 5.74) is 7.73. The van der Waals surface area contributed by atoms with Gasteiger partial charge in [-0.05, 0) is 42.5 Å². The number of imide groups is 1. The summed E-state index contributed by atoms with van der Waals surface area (Å²) >= 11 is 0. The first kappa shape index (κ1) is 27.6. The molecule has 204 valence electrons. The summed E-state index contributed by atoms with van der Waals surface area (Å²) in [7, 11) is 0. The van der Waals surface area contributed by atoms with E-state index in [2.05, 4.69) is 0 Å². The Morgan fingerprint density at radius 1 is 1.03 bits per heavy atom. The van der Waals surface area contributed by atoms with Crippen LogP contribution in [0.3, 0.4) is 0 Å². The summed E-state index contributed by atoms with van der Waals surface area (Å²) in [6, 6.07) is 16.7. The van der Waals surface area contributed by atoms with Gasteiger partial charge < -0.3 is 10.8 Å². The van der Waals surface area contributed by atoms with E-state index in [0.29, 0.717) is 57.5 Å². The largest absolute Gasteiger partial charge is 0.399 e. The summed E-state index contributed by atoms with van der Waals surface area (Å²) in [5.74, 6) is 0.494. The van der Waals surface area contributed by atoms with Gasteiger partial charge in [-0.2, -0.15) is 0 Å². The number of nitrogen functional groups attached to an aromatic ring is 1. The number of carbonyl (C=O) groups is 2. The summed E-state index contributed by atoms with van der Waals surface area (Å²) < 4.78 is 0. The van der Waals surface area contributed by atoms with Crippen molar-refractivity contribution in [3.05, 3.63) is 65.7 Å². The Morgan fingerprint density at radius 3 is 2.39 bits per heavy atom. The first-order valence-corrected chi connectivity index (χ1v) is 13.6. The Bertz CT molecular complexity index is 1160. The van der Waals surface area contributed by atoms with Crippen LogP contribution in [0.1, 0.15) is 44.7 Å². The number of hydrazine groups is 1. The highest BCUT2D eigenvalue weighted by molar-refractivity contribution is 6.05. The van der Waals surface area contributed by atoms with Crippen molar-refractivity contribution in [3.63, 3.8) is 0 Å². The van der Waals surface area contributed by atoms with Crippen LogP contribution in [0.2, 0.25) is 0 Å². The van der Waals surface area contributed by atoms with Crippen molar-refractivity contribution < 1.29 is 14.7 Å². The van der Waals surface area contributed by atoms with Gasteiger partial charge in [0, 0.05) is 38.3 Å². The number of nitrogens with two attached hydrogens (primary N) is 1. The number of benzene rings is 2. The van der Waals surface area contributed by atoms with Crippen LogP contribution < -0.4 is 5.73 Å². The second-order valence-corrected chi connectivity index (χ2v) is 9.86. The molecule has 2 atom stereocenters. The number of aliphatic hydroxyl groups is 1. The van der Waals surface area contributed by atoms with Gasteiger partial charge in [0.2, 0.25) is 0 Å². The lowest BCUT2D eigenvalue weighted by molar-refractivity contribution is -0.151. The van der Waals surface area contributed by atoms with E-state index < -0.39 is 11.7 Å². The molecule has 2 aromatic rings. The lowest BCUT2D eigenvalue weighted by atomic mass is 9.91. The fourth-order valence-corrected chi connectivity index (χ4v) is 5.67. The van der Waals surface area contributed by atoms with Crippen molar-refractivity contribution in [2.45, 2.75) is 58.2 Å². The number of hydrogen-bond donors (Lipinski definition) is 2. The standard InChI is InChI=1S/C29H40N6O3/c1-4-16-33-27(37)26-29(5-2,34(28(33)38)17-15-23-13-10-14-24(30)20-23)31-25(21-22-11-8-7-9-12-22)35(26)32(6-3)18-19-36/h7-14,20,26,36H,4-6,15-19,21,30H2,1-3H3. The third-order valence-corrected chi connectivity index (χ3v) is 7.47. The molecule has 2 aliphatic heterocycles. The minimum atomic E-state index is -1.05. The molecule has 1 fully saturated rings. The van der Waals surface area contributed by atoms with Crippen LogP contribution in [0, 0.1) is 0 Å². The summed E-state index contributed by atoms with van der Waals surface area (Å²) in [5, 5.41) is 13.8. The second-order valence-electron chi connectivity index (χ2n) is 9.86. The van der Waals surface area contributed by atoms with Gasteiger partial charge in [0.25, 0.3) is 5.91 Å². The number of nitrogens with zero attached hydrogens (tertiary/aromatic N) is 5. The third-order valence-electron chi connectivity index (χ3n) is 7.47. The van der Waals surface area contributed by atoms with Gasteiger partial charge in [-0.25, -0.2) is 14.8 Å². The predicted octanol–water partition coefficient (Wildman–Crippen LogP) is 3.15. The summed E-state index contributed by atoms with van der Waals surface area (Å²) in [6.45, 7) is 7.60. The quantitative estimate of drug-likeness (QED) is 0.417. The number of fused-ring (bicyclic) bond motifs is 1. The molecule has 2 heterocycles. The highest BCUT2D eigenvalue weighted by Crippen LogP contribution is 2.42. The Morgan fingerprint density at radius 2 is 1.76 bits per heavy atom. The van der Waals surface area contributed by atoms with Crippen LogP contribution in [-0.4, -0.2) is 87.2 Å². The minimum Gasteiger partial charge on any atom is -0.399 e. The second kappa shape index (κ2) is 12.0. The Balaban J connectivity index is 1.81. The molecule has 3 amide bonds. The van der Waals surface area contributed by atoms with Crippen molar-refractivity contribution in [2.75, 3.05) is 38.5 Å². The molecule has 0 bridgehead atoms. The van der Waals surface area contributed by atoms with Crippen molar-refractivity contribution in [3.8, 4) is 0 Å². The number of urea groups is 1. The molecule has 4 rings (SSSR count). The van der Waals surface area contributed by atoms with Crippen LogP contribution in [0.25, 0.3) is 0 Å². The maximum absolute atomic E-state index is 14.1. The molecule has 2 aliphatic rings. The van der Waals surface area contributed by atoms with Gasteiger partial charge in [0.15, 0.2) is 11.7 Å². The molecule has 0 spiro atoms. The highest BCUT2D eigenvalue weighted by Gasteiger charge is 2.62. The Hall–Kier alpha value is -3.43. The number of amides is 3. The molecule has 9 nitrogen and oxygen atoms in total. The smallest absolute Gasteiger partial charge is 0.328 e. The fraction of sp³-hybridized carbons (Fsp3) is 0.483. The molecule has 9 heteroatoms. The lowest BCUT2D eigenvalue weighted by Crippen LogP contribution is -2.74. The predicted molar refractivity (Wildman–Crippen MR) is 149 cm³/mol. The van der Waals surface area contributed by atoms with E-state index >= 15 is 0 Å². The number of aliphatic hydroxyl groups excluding tert-OH is 1. The van der Waals surface area contributed by atoms with E-state index in [1.54, 1.807) is 4.90 Å². The molecular formula is C29H40N6O3. The van der Waals surface area contributed by atoms with Gasteiger partial charge in [-0.15, -0.1) is 0 Å². The Kier molecular flexibility index (Phi) is 8.69. The molecular weight excluding hydrogens is 480 g/mol. The van der Waals surface area contributed by atoms with Crippen molar-refractivity contribution >= 4 is 23.5 Å². The maximum Gasteiger partial charge on any atom is 0.328 e. The molecule has 3 N–H and O–H groups in total. The first-order valence-electron chi connectivity index (χ1n) is 13.6. The molecule has 0 aromatic heterocycles. The summed E-state index contributed by atoms with van der Waals surface area (Å²) in [4.78, 5) is 36.5. The molecule has 0 radical (unpaired) electrons. The van der Waals surface area contributed by atoms with Crippen LogP contribution in [-0.2, 0) is 17.6 Å². The van der Waals surface area contributed by atoms with E-state index in [0.717, 1.165) is 17.0 Å². The number of carbonyl (C=O) groups excluding carboxylic acids is 2. The summed E-state index contributed by atoms with van der Waals surface area (Å²) in [6.07, 6.45) is 2.26. The number of hydrogen-bond acceptors (Lipinski definition) is 7. The number of likely N-dealkylation sites (N-methyl/N-ethyl adjacent to an activating group) is 1. The zero-order valence-corrected chi connectivity index (χ0v) is 22.7. The topological polar surface area (TPSA) is 106 Å². The normalized spacial score (nSPS) is 21.3. The van der Waals surface area contributed by atoms with Crippen molar-refractivity contribution in [1.29, 1.82) is 0 Å². The van der Waals surface area contributed by atoms with Gasteiger partial charge in [0.05, 0.1) is 6.61 Å². The monoisotopic (exact) mass is 520 g/mol. The van der Waals surface area contributed by atoms with Gasteiger partial charge in [-0.3, -0.25) is 19.6 Å². The molecule has 1 saturated heterocycles. The zero-order valence-electron chi connectivity index (χ0n) is 22.7. The van der Waals surface area contributed by atoms with Crippen LogP contribution in [0.4, 0.5) is 10.5 Å². The van der Waals surface area contributed by atoms with Crippen molar-refractivity contribution in [1.82, 2.24) is 19.8 Å². The van der Waals surface area contributed by atoms with Crippen LogP contribution in [0.5, 0.6) is 0 Å². The van der Waals surface area contributed by atoms with Gasteiger partial charge in [-0.1, -0.05) is 63.2 Å². The molecule has 0 saturated carbocycles. The van der Waals surface area contributed by atoms with Gasteiger partial charge >= 0.3 is 6.03 Å². The van der Waals surface area contributed by atoms with E-state index in [4.69, 9.17) is 10.7 Å². The first-order chi connectivity index (χ1) is 18.4. The van der Waals surface area contributed by atoms with Crippen molar-refractivity contribution in [2.24, 2.45) is 4.99 Å². The fourth-order valence-electron chi connectivity index (χ4n) is 5.67. The average molecular weight is 521 g/mol. The van der Waals surface area contributed by atoms with E-state index in [9.17, 15) is 14.7 Å². The Labute approximate surface area is 225 Å². The SMILES string of the molecule is CCCN1C(=O)C2N(N(CC)CCO)C(Cc3ccccc3)=NC2(CC)N(CCc2cccc(N)c2)C1=O. The highest BCUT2D eigenvalue weighted by atomic mass is 16.3. The van der Waals surface area contributed by atoms with E-state index in [1.165, 1.54) is 4.90 Å². The maximum atomic E-state index is 14.1. The third kappa shape index (κ3) is 5.13. The van der Waals surface area contributed by atoms with Crippen LogP contribution >= 0.6 is 0 Å². The molecule has 2 aromatic carbocycles. The number of anilines is 1. The lowest BCUT2D eigenvalue weighted by Gasteiger charge is -2.51. The van der Waals surface area contributed by atoms with E-state index in [1.807, 2.05) is 85.4 Å². The average Bonchev–Trinajstić information content (AvgIpc) is 3.25. The van der Waals surface area contributed by atoms with E-state index in [-0.39, 0.29) is 18.5 Å². The number of rotatable bonds is 12. The molecule has 2 unspecified atom stereocenters.